The maximum Gasteiger partial charge on any atom is 0.131 e. The van der Waals surface area contributed by atoms with Crippen molar-refractivity contribution in [3.05, 3.63) is 23.3 Å². The molecule has 0 aliphatic rings. The highest BCUT2D eigenvalue weighted by molar-refractivity contribution is 5.76. The van der Waals surface area contributed by atoms with Gasteiger partial charge in [-0.1, -0.05) is 0 Å². The van der Waals surface area contributed by atoms with E-state index < -0.39 is 0 Å². The molecular formula is C13H19NO3. The quantitative estimate of drug-likeness (QED) is 0.850. The Morgan fingerprint density at radius 3 is 2.35 bits per heavy atom. The van der Waals surface area contributed by atoms with Gasteiger partial charge in [-0.2, -0.15) is 0 Å². The lowest BCUT2D eigenvalue weighted by Crippen LogP contribution is -2.15. The van der Waals surface area contributed by atoms with Crippen LogP contribution in [0.25, 0.3) is 0 Å². The third-order valence-corrected chi connectivity index (χ3v) is 2.65. The van der Waals surface area contributed by atoms with E-state index in [1.54, 1.807) is 14.2 Å². The molecule has 1 aromatic rings. The first-order chi connectivity index (χ1) is 7.99. The summed E-state index contributed by atoms with van der Waals surface area (Å²) in [6.07, 6.45) is 0.294. The van der Waals surface area contributed by atoms with Crippen LogP contribution in [0.3, 0.4) is 0 Å². The monoisotopic (exact) mass is 237 g/mol. The van der Waals surface area contributed by atoms with Gasteiger partial charge in [0.1, 0.15) is 17.3 Å². The molecule has 0 bridgehead atoms. The van der Waals surface area contributed by atoms with Crippen molar-refractivity contribution in [2.24, 2.45) is 5.73 Å². The third-order valence-electron chi connectivity index (χ3n) is 2.65. The van der Waals surface area contributed by atoms with Crippen LogP contribution in [0.1, 0.15) is 30.5 Å². The molecule has 1 atom stereocenters. The van der Waals surface area contributed by atoms with Gasteiger partial charge in [-0.05, 0) is 31.5 Å². The molecule has 0 aliphatic heterocycles. The van der Waals surface area contributed by atoms with Crippen LogP contribution >= 0.6 is 0 Å². The lowest BCUT2D eigenvalue weighted by atomic mass is 9.99. The second-order valence-corrected chi connectivity index (χ2v) is 4.08. The molecule has 1 aromatic carbocycles. The molecule has 17 heavy (non-hydrogen) atoms. The lowest BCUT2D eigenvalue weighted by Gasteiger charge is -2.17. The first kappa shape index (κ1) is 13.5. The van der Waals surface area contributed by atoms with E-state index >= 15 is 0 Å². The van der Waals surface area contributed by atoms with Crippen LogP contribution in [0.5, 0.6) is 11.5 Å². The van der Waals surface area contributed by atoms with E-state index in [0.717, 1.165) is 16.9 Å². The number of Topliss-reactive ketones (excluding diaryl/α,β-unsaturated/α-hetero) is 1. The molecule has 1 unspecified atom stereocenters. The van der Waals surface area contributed by atoms with E-state index in [0.29, 0.717) is 12.2 Å². The Hall–Kier alpha value is -1.55. The maximum atomic E-state index is 11.1. The summed E-state index contributed by atoms with van der Waals surface area (Å²) in [6.45, 7) is 3.46. The summed E-state index contributed by atoms with van der Waals surface area (Å²) in [5.74, 6) is 1.50. The molecule has 4 nitrogen and oxygen atoms in total. The Morgan fingerprint density at radius 1 is 1.29 bits per heavy atom. The Kier molecular flexibility index (Phi) is 4.52. The smallest absolute Gasteiger partial charge is 0.131 e. The lowest BCUT2D eigenvalue weighted by molar-refractivity contribution is -0.117. The first-order valence-electron chi connectivity index (χ1n) is 5.47. The highest BCUT2D eigenvalue weighted by Gasteiger charge is 2.16. The molecule has 0 saturated heterocycles. The first-order valence-corrected chi connectivity index (χ1v) is 5.47. The fourth-order valence-corrected chi connectivity index (χ4v) is 1.78. The van der Waals surface area contributed by atoms with Crippen LogP contribution in [0.2, 0.25) is 0 Å². The third kappa shape index (κ3) is 3.20. The summed E-state index contributed by atoms with van der Waals surface area (Å²) in [5.41, 5.74) is 7.76. The number of nitrogens with two attached hydrogens (primary N) is 1. The van der Waals surface area contributed by atoms with Gasteiger partial charge >= 0.3 is 0 Å². The Bertz CT molecular complexity index is 415. The summed E-state index contributed by atoms with van der Waals surface area (Å²) < 4.78 is 10.5. The number of benzene rings is 1. The fourth-order valence-electron chi connectivity index (χ4n) is 1.78. The molecule has 0 spiro atoms. The van der Waals surface area contributed by atoms with Gasteiger partial charge < -0.3 is 15.2 Å². The van der Waals surface area contributed by atoms with Gasteiger partial charge in [0.25, 0.3) is 0 Å². The van der Waals surface area contributed by atoms with E-state index in [-0.39, 0.29) is 11.8 Å². The average molecular weight is 237 g/mol. The molecule has 94 valence electrons. The molecule has 1 rings (SSSR count). The molecule has 0 saturated carbocycles. The van der Waals surface area contributed by atoms with Gasteiger partial charge in [-0.15, -0.1) is 0 Å². The van der Waals surface area contributed by atoms with E-state index in [1.165, 1.54) is 6.92 Å². The number of aryl methyl sites for hydroxylation is 1. The van der Waals surface area contributed by atoms with Crippen molar-refractivity contribution in [1.82, 2.24) is 0 Å². The standard InChI is InChI=1S/C13H19NO3/c1-8-5-13(17-4)10(7-12(8)16-3)11(14)6-9(2)15/h5,7,11H,6,14H2,1-4H3. The van der Waals surface area contributed by atoms with Gasteiger partial charge in [0, 0.05) is 18.0 Å². The molecule has 4 heteroatoms. The van der Waals surface area contributed by atoms with Crippen LogP contribution in [-0.4, -0.2) is 20.0 Å². The maximum absolute atomic E-state index is 11.1. The minimum absolute atomic E-state index is 0.0547. The predicted molar refractivity (Wildman–Crippen MR) is 66.5 cm³/mol. The molecular weight excluding hydrogens is 218 g/mol. The van der Waals surface area contributed by atoms with Crippen LogP contribution in [0, 0.1) is 6.92 Å². The van der Waals surface area contributed by atoms with Gasteiger partial charge in [0.2, 0.25) is 0 Å². The van der Waals surface area contributed by atoms with Crippen molar-refractivity contribution >= 4 is 5.78 Å². The molecule has 2 N–H and O–H groups in total. The van der Waals surface area contributed by atoms with Crippen LogP contribution < -0.4 is 15.2 Å². The second-order valence-electron chi connectivity index (χ2n) is 4.08. The minimum atomic E-state index is -0.364. The molecule has 0 aromatic heterocycles. The summed E-state index contributed by atoms with van der Waals surface area (Å²) >= 11 is 0. The SMILES string of the molecule is COc1cc(C(N)CC(C)=O)c(OC)cc1C. The molecule has 0 heterocycles. The normalized spacial score (nSPS) is 12.1. The summed E-state index contributed by atoms with van der Waals surface area (Å²) in [4.78, 5) is 11.1. The largest absolute Gasteiger partial charge is 0.496 e. The van der Waals surface area contributed by atoms with Gasteiger partial charge in [0.05, 0.1) is 14.2 Å². The molecule has 0 fully saturated rings. The zero-order chi connectivity index (χ0) is 13.0. The number of methoxy groups -OCH3 is 2. The van der Waals surface area contributed by atoms with Gasteiger partial charge in [0.15, 0.2) is 0 Å². The zero-order valence-corrected chi connectivity index (χ0v) is 10.7. The van der Waals surface area contributed by atoms with Crippen LogP contribution in [0.4, 0.5) is 0 Å². The summed E-state index contributed by atoms with van der Waals surface area (Å²) in [6, 6.07) is 3.34. The Balaban J connectivity index is 3.15. The summed E-state index contributed by atoms with van der Waals surface area (Å²) in [7, 11) is 3.19. The minimum Gasteiger partial charge on any atom is -0.496 e. The van der Waals surface area contributed by atoms with E-state index in [9.17, 15) is 4.79 Å². The zero-order valence-electron chi connectivity index (χ0n) is 10.7. The van der Waals surface area contributed by atoms with E-state index in [4.69, 9.17) is 15.2 Å². The van der Waals surface area contributed by atoms with Gasteiger partial charge in [-0.25, -0.2) is 0 Å². The van der Waals surface area contributed by atoms with E-state index in [1.807, 2.05) is 19.1 Å². The predicted octanol–water partition coefficient (Wildman–Crippen LogP) is 1.99. The number of carbonyl (C=O) groups excluding carboxylic acids is 1. The highest BCUT2D eigenvalue weighted by atomic mass is 16.5. The molecule has 0 radical (unpaired) electrons. The van der Waals surface area contributed by atoms with E-state index in [2.05, 4.69) is 0 Å². The number of rotatable bonds is 5. The van der Waals surface area contributed by atoms with Crippen LogP contribution in [-0.2, 0) is 4.79 Å². The summed E-state index contributed by atoms with van der Waals surface area (Å²) in [5, 5.41) is 0. The number of hydrogen-bond donors (Lipinski definition) is 1. The molecule has 0 aliphatic carbocycles. The van der Waals surface area contributed by atoms with Crippen molar-refractivity contribution in [1.29, 1.82) is 0 Å². The molecule has 0 amide bonds. The number of carbonyl (C=O) groups is 1. The number of hydrogen-bond acceptors (Lipinski definition) is 4. The Morgan fingerprint density at radius 2 is 1.88 bits per heavy atom. The topological polar surface area (TPSA) is 61.5 Å². The average Bonchev–Trinajstić information content (AvgIpc) is 2.27. The number of ether oxygens (including phenoxy) is 2. The second kappa shape index (κ2) is 5.68. The highest BCUT2D eigenvalue weighted by Crippen LogP contribution is 2.32. The van der Waals surface area contributed by atoms with Crippen molar-refractivity contribution < 1.29 is 14.3 Å². The fraction of sp³-hybridized carbons (Fsp3) is 0.462. The van der Waals surface area contributed by atoms with Crippen molar-refractivity contribution in [3.8, 4) is 11.5 Å². The van der Waals surface area contributed by atoms with Crippen molar-refractivity contribution in [3.63, 3.8) is 0 Å². The Labute approximate surface area is 102 Å². The van der Waals surface area contributed by atoms with Gasteiger partial charge in [-0.3, -0.25) is 4.79 Å². The van der Waals surface area contributed by atoms with Crippen LogP contribution in [0.15, 0.2) is 12.1 Å². The van der Waals surface area contributed by atoms with Crippen molar-refractivity contribution in [2.75, 3.05) is 14.2 Å². The number of ketones is 1. The van der Waals surface area contributed by atoms with Crippen molar-refractivity contribution in [2.45, 2.75) is 26.3 Å².